The molecule has 0 aliphatic rings. The molecule has 1 aromatic carbocycles. The van der Waals surface area contributed by atoms with Crippen LogP contribution in [0.25, 0.3) is 0 Å². The van der Waals surface area contributed by atoms with Gasteiger partial charge in [-0.3, -0.25) is 0 Å². The molecule has 0 spiro atoms. The maximum atomic E-state index is 6.41. The molecule has 0 amide bonds. The smallest absolute Gasteiger partial charge is 0.122 e. The van der Waals surface area contributed by atoms with Gasteiger partial charge < -0.3 is 10.5 Å². The highest BCUT2D eigenvalue weighted by Crippen LogP contribution is 2.28. The Balaban J connectivity index is 2.31. The number of nitrogens with zero attached hydrogens (tertiary/aromatic N) is 2. The van der Waals surface area contributed by atoms with Crippen molar-refractivity contribution in [3.63, 3.8) is 0 Å². The van der Waals surface area contributed by atoms with Crippen molar-refractivity contribution in [2.75, 3.05) is 7.11 Å². The van der Waals surface area contributed by atoms with E-state index in [4.69, 9.17) is 10.5 Å². The zero-order valence-electron chi connectivity index (χ0n) is 12.6. The quantitative estimate of drug-likeness (QED) is 0.898. The number of methoxy groups -OCH3 is 1. The summed E-state index contributed by atoms with van der Waals surface area (Å²) < 4.78 is 6.43. The van der Waals surface area contributed by atoms with E-state index in [1.807, 2.05) is 31.2 Å². The second-order valence-electron chi connectivity index (χ2n) is 5.01. The molecule has 112 valence electrons. The fourth-order valence-electron chi connectivity index (χ4n) is 2.38. The van der Waals surface area contributed by atoms with Gasteiger partial charge in [0.1, 0.15) is 5.75 Å². The molecular formula is C16H20BrN3O. The molecule has 0 bridgehead atoms. The number of hydrogen-bond donors (Lipinski definition) is 1. The average Bonchev–Trinajstić information content (AvgIpc) is 2.47. The minimum atomic E-state index is -0.127. The molecule has 1 unspecified atom stereocenters. The van der Waals surface area contributed by atoms with Crippen molar-refractivity contribution in [2.24, 2.45) is 5.73 Å². The van der Waals surface area contributed by atoms with E-state index in [-0.39, 0.29) is 6.04 Å². The van der Waals surface area contributed by atoms with Crippen molar-refractivity contribution in [1.29, 1.82) is 0 Å². The number of aryl methyl sites for hydroxylation is 2. The lowest BCUT2D eigenvalue weighted by molar-refractivity contribution is 0.408. The van der Waals surface area contributed by atoms with Crippen molar-refractivity contribution < 1.29 is 4.74 Å². The minimum absolute atomic E-state index is 0.127. The molecule has 1 atom stereocenters. The number of aromatic nitrogens is 2. The van der Waals surface area contributed by atoms with E-state index in [9.17, 15) is 0 Å². The topological polar surface area (TPSA) is 61.0 Å². The lowest BCUT2D eigenvalue weighted by Crippen LogP contribution is -2.17. The molecule has 2 rings (SSSR count). The molecule has 1 heterocycles. The van der Waals surface area contributed by atoms with Crippen LogP contribution in [0.1, 0.15) is 35.5 Å². The Morgan fingerprint density at radius 1 is 1.29 bits per heavy atom. The number of hydrogen-bond acceptors (Lipinski definition) is 4. The Morgan fingerprint density at radius 2 is 2.05 bits per heavy atom. The maximum absolute atomic E-state index is 6.41. The van der Waals surface area contributed by atoms with Gasteiger partial charge in [-0.25, -0.2) is 0 Å². The molecular weight excluding hydrogens is 330 g/mol. The Labute approximate surface area is 133 Å². The lowest BCUT2D eigenvalue weighted by Gasteiger charge is -2.17. The van der Waals surface area contributed by atoms with Gasteiger partial charge in [0.2, 0.25) is 0 Å². The second-order valence-corrected chi connectivity index (χ2v) is 5.92. The summed E-state index contributed by atoms with van der Waals surface area (Å²) in [6.45, 7) is 4.00. The first kappa shape index (κ1) is 15.9. The summed E-state index contributed by atoms with van der Waals surface area (Å²) >= 11 is 3.49. The van der Waals surface area contributed by atoms with E-state index in [0.29, 0.717) is 6.42 Å². The molecule has 0 saturated carbocycles. The van der Waals surface area contributed by atoms with Crippen LogP contribution < -0.4 is 10.5 Å². The first-order valence-corrected chi connectivity index (χ1v) is 7.75. The van der Waals surface area contributed by atoms with E-state index >= 15 is 0 Å². The van der Waals surface area contributed by atoms with Gasteiger partial charge in [0, 0.05) is 10.5 Å². The number of ether oxygens (including phenoxy) is 1. The van der Waals surface area contributed by atoms with Crippen molar-refractivity contribution in [1.82, 2.24) is 10.2 Å². The molecule has 4 nitrogen and oxygen atoms in total. The summed E-state index contributed by atoms with van der Waals surface area (Å²) in [5.41, 5.74) is 10.4. The summed E-state index contributed by atoms with van der Waals surface area (Å²) in [5.74, 6) is 0.852. The Bertz CT molecular complexity index is 631. The van der Waals surface area contributed by atoms with E-state index in [1.165, 1.54) is 0 Å². The van der Waals surface area contributed by atoms with Crippen LogP contribution in [0.4, 0.5) is 0 Å². The molecule has 0 aliphatic heterocycles. The fraction of sp³-hybridized carbons (Fsp3) is 0.375. The SMILES string of the molecule is CCc1nnc(C)cc1C(N)Cc1cc(Br)ccc1OC. The number of benzene rings is 1. The predicted molar refractivity (Wildman–Crippen MR) is 87.5 cm³/mol. The minimum Gasteiger partial charge on any atom is -0.496 e. The van der Waals surface area contributed by atoms with E-state index in [1.54, 1.807) is 7.11 Å². The highest BCUT2D eigenvalue weighted by molar-refractivity contribution is 9.10. The van der Waals surface area contributed by atoms with Crippen molar-refractivity contribution in [2.45, 2.75) is 32.7 Å². The van der Waals surface area contributed by atoms with Gasteiger partial charge in [-0.05, 0) is 55.2 Å². The van der Waals surface area contributed by atoms with Crippen molar-refractivity contribution in [3.8, 4) is 5.75 Å². The third-order valence-corrected chi connectivity index (χ3v) is 3.94. The Hall–Kier alpha value is -1.46. The van der Waals surface area contributed by atoms with Crippen LogP contribution in [0.3, 0.4) is 0 Å². The molecule has 1 aromatic heterocycles. The maximum Gasteiger partial charge on any atom is 0.122 e. The highest BCUT2D eigenvalue weighted by Gasteiger charge is 2.15. The van der Waals surface area contributed by atoms with Gasteiger partial charge in [-0.1, -0.05) is 22.9 Å². The van der Waals surface area contributed by atoms with Crippen LogP contribution in [-0.2, 0) is 12.8 Å². The molecule has 0 aliphatic carbocycles. The van der Waals surface area contributed by atoms with Crippen LogP contribution in [0, 0.1) is 6.92 Å². The summed E-state index contributed by atoms with van der Waals surface area (Å²) in [5, 5.41) is 8.36. The predicted octanol–water partition coefficient (Wildman–Crippen LogP) is 3.36. The third kappa shape index (κ3) is 3.80. The van der Waals surface area contributed by atoms with Crippen molar-refractivity contribution >= 4 is 15.9 Å². The van der Waals surface area contributed by atoms with Gasteiger partial charge in [-0.15, -0.1) is 0 Å². The van der Waals surface area contributed by atoms with E-state index in [0.717, 1.165) is 39.2 Å². The summed E-state index contributed by atoms with van der Waals surface area (Å²) in [6.07, 6.45) is 1.52. The van der Waals surface area contributed by atoms with Crippen LogP contribution in [-0.4, -0.2) is 17.3 Å². The van der Waals surface area contributed by atoms with Gasteiger partial charge in [0.25, 0.3) is 0 Å². The van der Waals surface area contributed by atoms with Gasteiger partial charge in [-0.2, -0.15) is 10.2 Å². The fourth-order valence-corrected chi connectivity index (χ4v) is 2.79. The summed E-state index contributed by atoms with van der Waals surface area (Å²) in [7, 11) is 1.67. The third-order valence-electron chi connectivity index (χ3n) is 3.44. The molecule has 0 fully saturated rings. The molecule has 2 N–H and O–H groups in total. The first-order chi connectivity index (χ1) is 10.0. The number of halogens is 1. The lowest BCUT2D eigenvalue weighted by atomic mass is 9.97. The molecule has 5 heteroatoms. The zero-order valence-corrected chi connectivity index (χ0v) is 14.1. The van der Waals surface area contributed by atoms with Crippen LogP contribution in [0.5, 0.6) is 5.75 Å². The zero-order chi connectivity index (χ0) is 15.4. The standard InChI is InChI=1S/C16H20BrN3O/c1-4-15-13(7-10(2)19-20-15)14(18)9-11-8-12(17)5-6-16(11)21-3/h5-8,14H,4,9,18H2,1-3H3. The normalized spacial score (nSPS) is 12.2. The monoisotopic (exact) mass is 349 g/mol. The van der Waals surface area contributed by atoms with Crippen LogP contribution in [0.2, 0.25) is 0 Å². The molecule has 0 saturated heterocycles. The first-order valence-electron chi connectivity index (χ1n) is 6.96. The van der Waals surface area contributed by atoms with Gasteiger partial charge in [0.05, 0.1) is 18.5 Å². The Kier molecular flexibility index (Phi) is 5.31. The summed E-state index contributed by atoms with van der Waals surface area (Å²) in [6, 6.07) is 7.86. The molecule has 2 aromatic rings. The van der Waals surface area contributed by atoms with E-state index in [2.05, 4.69) is 33.1 Å². The highest BCUT2D eigenvalue weighted by atomic mass is 79.9. The Morgan fingerprint density at radius 3 is 2.71 bits per heavy atom. The van der Waals surface area contributed by atoms with E-state index < -0.39 is 0 Å². The summed E-state index contributed by atoms with van der Waals surface area (Å²) in [4.78, 5) is 0. The van der Waals surface area contributed by atoms with Gasteiger partial charge >= 0.3 is 0 Å². The van der Waals surface area contributed by atoms with Gasteiger partial charge in [0.15, 0.2) is 0 Å². The largest absolute Gasteiger partial charge is 0.496 e. The average molecular weight is 350 g/mol. The molecule has 0 radical (unpaired) electrons. The molecule has 21 heavy (non-hydrogen) atoms. The second kappa shape index (κ2) is 7.00. The number of nitrogens with two attached hydrogens (primary N) is 1. The van der Waals surface area contributed by atoms with Crippen molar-refractivity contribution in [3.05, 3.63) is 51.3 Å². The number of rotatable bonds is 5. The van der Waals surface area contributed by atoms with Crippen LogP contribution in [0.15, 0.2) is 28.7 Å². The van der Waals surface area contributed by atoms with Crippen LogP contribution >= 0.6 is 15.9 Å².